The summed E-state index contributed by atoms with van der Waals surface area (Å²) in [7, 11) is 0. The molecule has 0 aromatic carbocycles. The summed E-state index contributed by atoms with van der Waals surface area (Å²) in [6.45, 7) is 3.75. The second-order valence-corrected chi connectivity index (χ2v) is 4.93. The molecule has 0 heterocycles. The van der Waals surface area contributed by atoms with Crippen LogP contribution in [0.4, 0.5) is 0 Å². The van der Waals surface area contributed by atoms with Gasteiger partial charge < -0.3 is 10.5 Å². The van der Waals surface area contributed by atoms with Gasteiger partial charge in [0, 0.05) is 12.6 Å². The SMILES string of the molecule is CCCOCC(N)CC1CCCCCC1. The van der Waals surface area contributed by atoms with Crippen molar-refractivity contribution in [2.24, 2.45) is 11.7 Å². The van der Waals surface area contributed by atoms with Crippen LogP contribution in [-0.2, 0) is 4.74 Å². The lowest BCUT2D eigenvalue weighted by atomic mass is 9.93. The molecule has 1 atom stereocenters. The first-order chi connectivity index (χ1) is 7.33. The molecule has 0 amide bonds. The Balaban J connectivity index is 2.09. The van der Waals surface area contributed by atoms with Crippen molar-refractivity contribution in [1.82, 2.24) is 0 Å². The lowest BCUT2D eigenvalue weighted by Gasteiger charge is -2.19. The number of ether oxygens (including phenoxy) is 1. The van der Waals surface area contributed by atoms with E-state index < -0.39 is 0 Å². The van der Waals surface area contributed by atoms with Gasteiger partial charge in [-0.15, -0.1) is 0 Å². The van der Waals surface area contributed by atoms with Crippen molar-refractivity contribution in [2.45, 2.75) is 64.3 Å². The molecule has 2 N–H and O–H groups in total. The topological polar surface area (TPSA) is 35.2 Å². The summed E-state index contributed by atoms with van der Waals surface area (Å²) in [5, 5.41) is 0. The summed E-state index contributed by atoms with van der Waals surface area (Å²) in [5.41, 5.74) is 6.07. The average molecular weight is 213 g/mol. The third kappa shape index (κ3) is 6.16. The molecule has 2 heteroatoms. The van der Waals surface area contributed by atoms with E-state index in [2.05, 4.69) is 6.92 Å². The van der Waals surface area contributed by atoms with Crippen LogP contribution in [0.1, 0.15) is 58.3 Å². The molecular weight excluding hydrogens is 186 g/mol. The molecule has 1 rings (SSSR count). The molecule has 0 aromatic heterocycles. The monoisotopic (exact) mass is 213 g/mol. The van der Waals surface area contributed by atoms with E-state index in [0.717, 1.165) is 25.6 Å². The van der Waals surface area contributed by atoms with Crippen molar-refractivity contribution in [2.75, 3.05) is 13.2 Å². The highest BCUT2D eigenvalue weighted by atomic mass is 16.5. The highest BCUT2D eigenvalue weighted by Gasteiger charge is 2.15. The molecule has 0 aliphatic heterocycles. The van der Waals surface area contributed by atoms with Crippen LogP contribution in [0.15, 0.2) is 0 Å². The van der Waals surface area contributed by atoms with E-state index in [1.54, 1.807) is 0 Å². The number of rotatable bonds is 6. The van der Waals surface area contributed by atoms with Crippen molar-refractivity contribution in [3.8, 4) is 0 Å². The highest BCUT2D eigenvalue weighted by Crippen LogP contribution is 2.26. The second-order valence-electron chi connectivity index (χ2n) is 4.93. The molecular formula is C13H27NO. The van der Waals surface area contributed by atoms with E-state index in [0.29, 0.717) is 0 Å². The Hall–Kier alpha value is -0.0800. The Kier molecular flexibility index (Phi) is 7.03. The van der Waals surface area contributed by atoms with Crippen LogP contribution < -0.4 is 5.73 Å². The van der Waals surface area contributed by atoms with Crippen LogP contribution in [0.25, 0.3) is 0 Å². The third-order valence-corrected chi connectivity index (χ3v) is 3.29. The third-order valence-electron chi connectivity index (χ3n) is 3.29. The molecule has 1 fully saturated rings. The number of hydrogen-bond acceptors (Lipinski definition) is 2. The van der Waals surface area contributed by atoms with Gasteiger partial charge in [0.25, 0.3) is 0 Å². The maximum atomic E-state index is 6.07. The molecule has 0 saturated heterocycles. The van der Waals surface area contributed by atoms with E-state index in [4.69, 9.17) is 10.5 Å². The zero-order chi connectivity index (χ0) is 10.9. The first-order valence-corrected chi connectivity index (χ1v) is 6.66. The Labute approximate surface area is 94.6 Å². The van der Waals surface area contributed by atoms with Crippen molar-refractivity contribution in [3.05, 3.63) is 0 Å². The summed E-state index contributed by atoms with van der Waals surface area (Å²) < 4.78 is 5.49. The van der Waals surface area contributed by atoms with Crippen molar-refractivity contribution in [3.63, 3.8) is 0 Å². The fourth-order valence-corrected chi connectivity index (χ4v) is 2.47. The summed E-state index contributed by atoms with van der Waals surface area (Å²) in [4.78, 5) is 0. The van der Waals surface area contributed by atoms with Gasteiger partial charge in [-0.1, -0.05) is 45.4 Å². The quantitative estimate of drug-likeness (QED) is 0.543. The van der Waals surface area contributed by atoms with E-state index in [-0.39, 0.29) is 6.04 Å². The predicted molar refractivity (Wildman–Crippen MR) is 64.9 cm³/mol. The second kappa shape index (κ2) is 8.12. The molecule has 0 radical (unpaired) electrons. The maximum absolute atomic E-state index is 6.07. The summed E-state index contributed by atoms with van der Waals surface area (Å²) in [6, 6.07) is 0.264. The number of hydrogen-bond donors (Lipinski definition) is 1. The van der Waals surface area contributed by atoms with Crippen LogP contribution in [0.3, 0.4) is 0 Å². The molecule has 1 saturated carbocycles. The summed E-state index contributed by atoms with van der Waals surface area (Å²) in [5.74, 6) is 0.868. The molecule has 0 spiro atoms. The average Bonchev–Trinajstić information content (AvgIpc) is 2.47. The van der Waals surface area contributed by atoms with Crippen molar-refractivity contribution in [1.29, 1.82) is 0 Å². The normalized spacial score (nSPS) is 21.2. The van der Waals surface area contributed by atoms with Crippen LogP contribution in [0.2, 0.25) is 0 Å². The molecule has 0 aromatic rings. The van der Waals surface area contributed by atoms with Gasteiger partial charge in [-0.2, -0.15) is 0 Å². The minimum absolute atomic E-state index is 0.264. The van der Waals surface area contributed by atoms with Gasteiger partial charge >= 0.3 is 0 Å². The largest absolute Gasteiger partial charge is 0.380 e. The van der Waals surface area contributed by atoms with E-state index in [1.807, 2.05) is 0 Å². The molecule has 1 aliphatic rings. The molecule has 1 unspecified atom stereocenters. The molecule has 1 aliphatic carbocycles. The zero-order valence-corrected chi connectivity index (χ0v) is 10.2. The highest BCUT2D eigenvalue weighted by molar-refractivity contribution is 4.71. The zero-order valence-electron chi connectivity index (χ0n) is 10.2. The molecule has 15 heavy (non-hydrogen) atoms. The van der Waals surface area contributed by atoms with Gasteiger partial charge in [0.1, 0.15) is 0 Å². The van der Waals surface area contributed by atoms with Crippen LogP contribution in [-0.4, -0.2) is 19.3 Å². The van der Waals surface area contributed by atoms with E-state index in [1.165, 1.54) is 44.9 Å². The van der Waals surface area contributed by atoms with Gasteiger partial charge in [0.15, 0.2) is 0 Å². The minimum atomic E-state index is 0.264. The fourth-order valence-electron chi connectivity index (χ4n) is 2.47. The Morgan fingerprint density at radius 2 is 1.87 bits per heavy atom. The fraction of sp³-hybridized carbons (Fsp3) is 1.00. The van der Waals surface area contributed by atoms with Crippen LogP contribution >= 0.6 is 0 Å². The van der Waals surface area contributed by atoms with Gasteiger partial charge in [0.2, 0.25) is 0 Å². The Bertz CT molecular complexity index is 141. The molecule has 90 valence electrons. The van der Waals surface area contributed by atoms with Gasteiger partial charge in [-0.3, -0.25) is 0 Å². The standard InChI is InChI=1S/C13H27NO/c1-2-9-15-11-13(14)10-12-7-5-3-4-6-8-12/h12-13H,2-11,14H2,1H3. The predicted octanol–water partition coefficient (Wildman–Crippen LogP) is 3.10. The van der Waals surface area contributed by atoms with E-state index >= 15 is 0 Å². The summed E-state index contributed by atoms with van der Waals surface area (Å²) in [6.07, 6.45) is 10.7. The Morgan fingerprint density at radius 3 is 2.47 bits per heavy atom. The first-order valence-electron chi connectivity index (χ1n) is 6.66. The summed E-state index contributed by atoms with van der Waals surface area (Å²) >= 11 is 0. The van der Waals surface area contributed by atoms with Crippen LogP contribution in [0, 0.1) is 5.92 Å². The number of nitrogens with two attached hydrogens (primary N) is 1. The molecule has 2 nitrogen and oxygen atoms in total. The molecule has 0 bridgehead atoms. The van der Waals surface area contributed by atoms with Gasteiger partial charge in [0.05, 0.1) is 6.61 Å². The van der Waals surface area contributed by atoms with Crippen molar-refractivity contribution >= 4 is 0 Å². The lowest BCUT2D eigenvalue weighted by molar-refractivity contribution is 0.113. The maximum Gasteiger partial charge on any atom is 0.0617 e. The minimum Gasteiger partial charge on any atom is -0.380 e. The smallest absolute Gasteiger partial charge is 0.0617 e. The van der Waals surface area contributed by atoms with Crippen molar-refractivity contribution < 1.29 is 4.74 Å². The lowest BCUT2D eigenvalue weighted by Crippen LogP contribution is -2.29. The van der Waals surface area contributed by atoms with Crippen LogP contribution in [0.5, 0.6) is 0 Å². The van der Waals surface area contributed by atoms with E-state index in [9.17, 15) is 0 Å². The van der Waals surface area contributed by atoms with Gasteiger partial charge in [-0.25, -0.2) is 0 Å². The van der Waals surface area contributed by atoms with Gasteiger partial charge in [-0.05, 0) is 18.8 Å². The first kappa shape index (κ1) is 13.0. The Morgan fingerprint density at radius 1 is 1.20 bits per heavy atom.